The summed E-state index contributed by atoms with van der Waals surface area (Å²) in [6.07, 6.45) is 6.12. The van der Waals surface area contributed by atoms with Gasteiger partial charge < -0.3 is 14.5 Å². The normalized spacial score (nSPS) is 14.4. The lowest BCUT2D eigenvalue weighted by Gasteiger charge is -2.37. The van der Waals surface area contributed by atoms with Crippen LogP contribution in [0.15, 0.2) is 53.5 Å². The molecule has 10 heteroatoms. The molecular formula is C31H38F2N4O4. The first-order valence-corrected chi connectivity index (χ1v) is 13.7. The predicted molar refractivity (Wildman–Crippen MR) is 157 cm³/mol. The number of halogens is 2. The van der Waals surface area contributed by atoms with Crippen molar-refractivity contribution in [2.24, 2.45) is 4.99 Å². The van der Waals surface area contributed by atoms with Crippen LogP contribution in [0.2, 0.25) is 0 Å². The summed E-state index contributed by atoms with van der Waals surface area (Å²) in [6, 6.07) is 12.2. The monoisotopic (exact) mass is 568 g/mol. The lowest BCUT2D eigenvalue weighted by molar-refractivity contribution is -0.119. The predicted octanol–water partition coefficient (Wildman–Crippen LogP) is 4.72. The van der Waals surface area contributed by atoms with Crippen molar-refractivity contribution in [1.29, 1.82) is 0 Å². The molecule has 41 heavy (non-hydrogen) atoms. The number of piperidine rings is 1. The molecule has 1 saturated heterocycles. The third kappa shape index (κ3) is 8.22. The van der Waals surface area contributed by atoms with Gasteiger partial charge in [0.25, 0.3) is 5.91 Å². The molecule has 0 aromatic heterocycles. The van der Waals surface area contributed by atoms with Crippen molar-refractivity contribution in [3.63, 3.8) is 0 Å². The number of alkyl halides is 2. The fourth-order valence-corrected chi connectivity index (χ4v) is 4.85. The summed E-state index contributed by atoms with van der Waals surface area (Å²) in [5.74, 6) is -0.437. The van der Waals surface area contributed by atoms with Crippen LogP contribution >= 0.6 is 0 Å². The third-order valence-electron chi connectivity index (χ3n) is 7.14. The Hall–Kier alpha value is -4.08. The van der Waals surface area contributed by atoms with Gasteiger partial charge in [-0.15, -0.1) is 0 Å². The topological polar surface area (TPSA) is 82.5 Å². The van der Waals surface area contributed by atoms with E-state index in [-0.39, 0.29) is 23.9 Å². The first-order chi connectivity index (χ1) is 19.9. The second-order valence-electron chi connectivity index (χ2n) is 9.90. The van der Waals surface area contributed by atoms with E-state index < -0.39 is 25.4 Å². The molecule has 1 aliphatic heterocycles. The molecule has 0 aliphatic carbocycles. The van der Waals surface area contributed by atoms with E-state index in [2.05, 4.69) is 11.1 Å². The van der Waals surface area contributed by atoms with Gasteiger partial charge in [0.1, 0.15) is 19.1 Å². The van der Waals surface area contributed by atoms with Crippen LogP contribution in [0, 0.1) is 0 Å². The first-order valence-electron chi connectivity index (χ1n) is 13.7. The van der Waals surface area contributed by atoms with E-state index in [1.54, 1.807) is 30.3 Å². The van der Waals surface area contributed by atoms with Crippen molar-refractivity contribution in [1.82, 2.24) is 9.80 Å². The number of imide groups is 1. The van der Waals surface area contributed by atoms with E-state index in [1.807, 2.05) is 43.1 Å². The Morgan fingerprint density at radius 3 is 2.37 bits per heavy atom. The number of likely N-dealkylation sites (tertiary alicyclic amines) is 1. The highest BCUT2D eigenvalue weighted by Gasteiger charge is 2.27. The molecule has 8 nitrogen and oxygen atoms in total. The van der Waals surface area contributed by atoms with E-state index in [1.165, 1.54) is 6.07 Å². The number of benzene rings is 2. The number of anilines is 1. The number of hydrogen-bond acceptors (Lipinski definition) is 6. The van der Waals surface area contributed by atoms with Crippen LogP contribution in [-0.2, 0) is 16.1 Å². The van der Waals surface area contributed by atoms with Crippen LogP contribution in [0.3, 0.4) is 0 Å². The molecule has 0 unspecified atom stereocenters. The molecule has 2 aromatic carbocycles. The summed E-state index contributed by atoms with van der Waals surface area (Å²) in [5.41, 5.74) is 3.43. The fraction of sp³-hybridized carbons (Fsp3) is 0.419. The molecule has 1 aliphatic rings. The Labute approximate surface area is 240 Å². The van der Waals surface area contributed by atoms with Crippen molar-refractivity contribution >= 4 is 36.2 Å². The van der Waals surface area contributed by atoms with E-state index in [0.717, 1.165) is 34.4 Å². The third-order valence-corrected chi connectivity index (χ3v) is 7.14. The largest absolute Gasteiger partial charge is 0.485 e. The molecular weight excluding hydrogens is 530 g/mol. The van der Waals surface area contributed by atoms with Gasteiger partial charge in [-0.25, -0.2) is 8.78 Å². The summed E-state index contributed by atoms with van der Waals surface area (Å²) in [5, 5.41) is 0. The van der Waals surface area contributed by atoms with E-state index >= 15 is 0 Å². The average Bonchev–Trinajstić information content (AvgIpc) is 3.02. The summed E-state index contributed by atoms with van der Waals surface area (Å²) >= 11 is 0. The van der Waals surface area contributed by atoms with Gasteiger partial charge >= 0.3 is 0 Å². The quantitative estimate of drug-likeness (QED) is 0.243. The smallest absolute Gasteiger partial charge is 0.262 e. The van der Waals surface area contributed by atoms with E-state index in [4.69, 9.17) is 4.74 Å². The fourth-order valence-electron chi connectivity index (χ4n) is 4.85. The average molecular weight is 569 g/mol. The Balaban J connectivity index is 1.90. The van der Waals surface area contributed by atoms with Gasteiger partial charge in [-0.05, 0) is 54.2 Å². The number of ether oxygens (including phenoxy) is 1. The molecule has 1 fully saturated rings. The van der Waals surface area contributed by atoms with Gasteiger partial charge in [-0.1, -0.05) is 37.3 Å². The van der Waals surface area contributed by atoms with Gasteiger partial charge in [0.15, 0.2) is 6.10 Å². The molecule has 0 atom stereocenters. The minimum Gasteiger partial charge on any atom is -0.485 e. The number of nitrogens with zero attached hydrogens (tertiary/aromatic N) is 4. The molecule has 220 valence electrons. The standard InChI is InChI=1S/C31H38F2N4O4/c1-4-5-25(19-34-2)24-8-6-23(7-9-24)20-37(22-39)31(40)29-16-27(41-28(17-32)18-33)10-11-30(29)35(3)26-12-14-36(21-38)15-13-26/h5-11,16,19,21-22,26,28H,4,12-15,17-18,20H2,1-3H3/b25-5+,34-19?. The molecule has 1 heterocycles. The lowest BCUT2D eigenvalue weighted by Crippen LogP contribution is -2.43. The molecule has 3 amide bonds. The second kappa shape index (κ2) is 15.6. The van der Waals surface area contributed by atoms with Crippen molar-refractivity contribution < 1.29 is 27.9 Å². The zero-order valence-electron chi connectivity index (χ0n) is 23.8. The maximum atomic E-state index is 13.8. The maximum absolute atomic E-state index is 13.8. The van der Waals surface area contributed by atoms with Gasteiger partial charge in [0.2, 0.25) is 12.8 Å². The minimum atomic E-state index is -1.29. The van der Waals surface area contributed by atoms with Crippen LogP contribution in [0.4, 0.5) is 14.5 Å². The van der Waals surface area contributed by atoms with Crippen molar-refractivity contribution in [3.05, 3.63) is 65.2 Å². The summed E-state index contributed by atoms with van der Waals surface area (Å²) in [4.78, 5) is 45.9. The number of hydrogen-bond donors (Lipinski definition) is 0. The summed E-state index contributed by atoms with van der Waals surface area (Å²) in [6.45, 7) is 1.21. The van der Waals surface area contributed by atoms with Crippen molar-refractivity contribution in [2.45, 2.75) is 44.9 Å². The molecule has 0 spiro atoms. The highest BCUT2D eigenvalue weighted by Crippen LogP contribution is 2.31. The second-order valence-corrected chi connectivity index (χ2v) is 9.90. The lowest BCUT2D eigenvalue weighted by atomic mass is 10.0. The Morgan fingerprint density at radius 2 is 1.80 bits per heavy atom. The van der Waals surface area contributed by atoms with E-state index in [9.17, 15) is 23.2 Å². The number of amides is 3. The molecule has 2 aromatic rings. The van der Waals surface area contributed by atoms with Crippen molar-refractivity contribution in [2.75, 3.05) is 45.4 Å². The SMILES string of the molecule is CC/C=C(\C=NC)c1ccc(CN(C=O)C(=O)c2cc(OC(CF)CF)ccc2N(C)C2CCN(C=O)CC2)cc1. The molecule has 0 N–H and O–H groups in total. The summed E-state index contributed by atoms with van der Waals surface area (Å²) in [7, 11) is 3.56. The number of carbonyl (C=O) groups excluding carboxylic acids is 3. The van der Waals surface area contributed by atoms with Crippen LogP contribution in [-0.4, -0.2) is 87.4 Å². The highest BCUT2D eigenvalue weighted by atomic mass is 19.1. The van der Waals surface area contributed by atoms with Crippen LogP contribution in [0.25, 0.3) is 5.57 Å². The molecule has 3 rings (SSSR count). The number of carbonyl (C=O) groups is 3. The first kappa shape index (κ1) is 31.4. The van der Waals surface area contributed by atoms with Gasteiger partial charge in [0.05, 0.1) is 12.1 Å². The Bertz CT molecular complexity index is 1220. The highest BCUT2D eigenvalue weighted by molar-refractivity contribution is 6.09. The van der Waals surface area contributed by atoms with Crippen LogP contribution < -0.4 is 9.64 Å². The zero-order valence-corrected chi connectivity index (χ0v) is 23.8. The van der Waals surface area contributed by atoms with Gasteiger partial charge in [0, 0.05) is 45.1 Å². The van der Waals surface area contributed by atoms with E-state index in [0.29, 0.717) is 38.0 Å². The number of aliphatic imine (C=N–C) groups is 1. The van der Waals surface area contributed by atoms with Gasteiger partial charge in [-0.3, -0.25) is 24.3 Å². The molecule has 0 radical (unpaired) electrons. The van der Waals surface area contributed by atoms with Crippen LogP contribution in [0.5, 0.6) is 5.75 Å². The number of rotatable bonds is 14. The zero-order chi connectivity index (χ0) is 29.8. The number of allylic oxidation sites excluding steroid dienone is 2. The minimum absolute atomic E-state index is 0.0286. The Morgan fingerprint density at radius 1 is 1.12 bits per heavy atom. The summed E-state index contributed by atoms with van der Waals surface area (Å²) < 4.78 is 31.8. The van der Waals surface area contributed by atoms with Gasteiger partial charge in [-0.2, -0.15) is 0 Å². The Kier molecular flexibility index (Phi) is 12.0. The molecule has 0 saturated carbocycles. The maximum Gasteiger partial charge on any atom is 0.262 e. The molecule has 0 bridgehead atoms. The van der Waals surface area contributed by atoms with Crippen molar-refractivity contribution in [3.8, 4) is 5.75 Å². The van der Waals surface area contributed by atoms with Crippen LogP contribution in [0.1, 0.15) is 47.7 Å².